The molecular formula is C13H17N3O4. The first kappa shape index (κ1) is 14.0. The predicted molar refractivity (Wildman–Crippen MR) is 71.8 cm³/mol. The van der Waals surface area contributed by atoms with E-state index in [0.29, 0.717) is 25.9 Å². The number of oxime groups is 1. The number of rotatable bonds is 2. The number of carbonyl (C=O) groups excluding carboxylic acids is 1. The Balaban J connectivity index is 2.07. The summed E-state index contributed by atoms with van der Waals surface area (Å²) in [7, 11) is 0. The number of aromatic hydroxyl groups is 2. The number of nitrogens with zero attached hydrogens (tertiary/aromatic N) is 2. The summed E-state index contributed by atoms with van der Waals surface area (Å²) in [6.45, 7) is 0.906. The van der Waals surface area contributed by atoms with Crippen molar-refractivity contribution in [1.29, 1.82) is 0 Å². The molecule has 0 aliphatic carbocycles. The Morgan fingerprint density at radius 1 is 1.30 bits per heavy atom. The molecule has 0 spiro atoms. The second kappa shape index (κ2) is 5.68. The van der Waals surface area contributed by atoms with Crippen molar-refractivity contribution < 1.29 is 20.2 Å². The Morgan fingerprint density at radius 2 is 1.95 bits per heavy atom. The van der Waals surface area contributed by atoms with Gasteiger partial charge in [-0.25, -0.2) is 0 Å². The molecule has 0 radical (unpaired) electrons. The quantitative estimate of drug-likeness (QED) is 0.209. The maximum atomic E-state index is 12.3. The third-order valence-corrected chi connectivity index (χ3v) is 3.53. The van der Waals surface area contributed by atoms with E-state index < -0.39 is 0 Å². The van der Waals surface area contributed by atoms with E-state index in [1.165, 1.54) is 18.2 Å². The van der Waals surface area contributed by atoms with Crippen LogP contribution in [0.3, 0.4) is 0 Å². The lowest BCUT2D eigenvalue weighted by molar-refractivity contribution is 0.0705. The minimum Gasteiger partial charge on any atom is -0.508 e. The van der Waals surface area contributed by atoms with Gasteiger partial charge in [-0.3, -0.25) is 4.79 Å². The molecule has 5 N–H and O–H groups in total. The summed E-state index contributed by atoms with van der Waals surface area (Å²) in [6, 6.07) is 3.84. The van der Waals surface area contributed by atoms with Crippen LogP contribution in [0.25, 0.3) is 0 Å². The van der Waals surface area contributed by atoms with E-state index in [1.54, 1.807) is 4.90 Å². The van der Waals surface area contributed by atoms with E-state index in [2.05, 4.69) is 5.16 Å². The molecule has 1 amide bonds. The lowest BCUT2D eigenvalue weighted by Gasteiger charge is -2.31. The van der Waals surface area contributed by atoms with Gasteiger partial charge >= 0.3 is 0 Å². The number of hydrogen-bond acceptors (Lipinski definition) is 5. The highest BCUT2D eigenvalue weighted by Gasteiger charge is 2.27. The SMILES string of the molecule is N/C(=N/O)C1CCN(C(=O)c2cc(O)ccc2O)CC1. The second-order valence-corrected chi connectivity index (χ2v) is 4.79. The molecule has 20 heavy (non-hydrogen) atoms. The van der Waals surface area contributed by atoms with Crippen LogP contribution in [0.5, 0.6) is 11.5 Å². The number of amides is 1. The van der Waals surface area contributed by atoms with Gasteiger partial charge in [0.05, 0.1) is 5.56 Å². The van der Waals surface area contributed by atoms with E-state index in [4.69, 9.17) is 10.9 Å². The van der Waals surface area contributed by atoms with Crippen LogP contribution < -0.4 is 5.73 Å². The lowest BCUT2D eigenvalue weighted by atomic mass is 9.95. The normalized spacial score (nSPS) is 17.2. The molecule has 0 atom stereocenters. The molecule has 1 aliphatic heterocycles. The van der Waals surface area contributed by atoms with E-state index in [-0.39, 0.29) is 34.7 Å². The van der Waals surface area contributed by atoms with Crippen LogP contribution in [-0.4, -0.2) is 45.2 Å². The molecule has 0 saturated carbocycles. The van der Waals surface area contributed by atoms with Crippen molar-refractivity contribution in [3.63, 3.8) is 0 Å². The smallest absolute Gasteiger partial charge is 0.257 e. The third kappa shape index (κ3) is 2.76. The minimum absolute atomic E-state index is 0.0400. The molecule has 0 unspecified atom stereocenters. The van der Waals surface area contributed by atoms with Crippen LogP contribution in [0, 0.1) is 5.92 Å². The predicted octanol–water partition coefficient (Wildman–Crippen LogP) is 0.696. The molecule has 7 heteroatoms. The highest BCUT2D eigenvalue weighted by Crippen LogP contribution is 2.26. The summed E-state index contributed by atoms with van der Waals surface area (Å²) in [5.74, 6) is -0.431. The molecule has 1 heterocycles. The molecule has 1 aromatic carbocycles. The first-order chi connectivity index (χ1) is 9.52. The molecule has 1 aromatic rings. The Kier molecular flexibility index (Phi) is 3.97. The third-order valence-electron chi connectivity index (χ3n) is 3.53. The Morgan fingerprint density at radius 3 is 2.55 bits per heavy atom. The molecule has 0 bridgehead atoms. The molecule has 0 aromatic heterocycles. The number of hydrogen-bond donors (Lipinski definition) is 4. The van der Waals surface area contributed by atoms with Crippen molar-refractivity contribution in [2.24, 2.45) is 16.8 Å². The first-order valence-corrected chi connectivity index (χ1v) is 6.31. The lowest BCUT2D eigenvalue weighted by Crippen LogP contribution is -2.41. The Labute approximate surface area is 115 Å². The fourth-order valence-corrected chi connectivity index (χ4v) is 2.33. The van der Waals surface area contributed by atoms with Gasteiger partial charge in [0.25, 0.3) is 5.91 Å². The van der Waals surface area contributed by atoms with Gasteiger partial charge < -0.3 is 26.1 Å². The summed E-state index contributed by atoms with van der Waals surface area (Å²) in [4.78, 5) is 13.8. The van der Waals surface area contributed by atoms with Crippen molar-refractivity contribution in [2.75, 3.05) is 13.1 Å². The van der Waals surface area contributed by atoms with Gasteiger partial charge in [-0.2, -0.15) is 0 Å². The highest BCUT2D eigenvalue weighted by atomic mass is 16.4. The number of likely N-dealkylation sites (tertiary alicyclic amines) is 1. The van der Waals surface area contributed by atoms with E-state index >= 15 is 0 Å². The summed E-state index contributed by atoms with van der Waals surface area (Å²) >= 11 is 0. The second-order valence-electron chi connectivity index (χ2n) is 4.79. The van der Waals surface area contributed by atoms with Crippen LogP contribution in [0.4, 0.5) is 0 Å². The van der Waals surface area contributed by atoms with Gasteiger partial charge in [0.1, 0.15) is 17.3 Å². The van der Waals surface area contributed by atoms with Crippen molar-refractivity contribution in [1.82, 2.24) is 4.90 Å². The van der Waals surface area contributed by atoms with Crippen molar-refractivity contribution >= 4 is 11.7 Å². The average molecular weight is 279 g/mol. The first-order valence-electron chi connectivity index (χ1n) is 6.31. The highest BCUT2D eigenvalue weighted by molar-refractivity contribution is 5.97. The topological polar surface area (TPSA) is 119 Å². The molecular weight excluding hydrogens is 262 g/mol. The molecule has 1 saturated heterocycles. The maximum absolute atomic E-state index is 12.3. The molecule has 108 valence electrons. The zero-order valence-electron chi connectivity index (χ0n) is 10.9. The fourth-order valence-electron chi connectivity index (χ4n) is 2.33. The van der Waals surface area contributed by atoms with Crippen molar-refractivity contribution in [2.45, 2.75) is 12.8 Å². The van der Waals surface area contributed by atoms with Gasteiger partial charge in [-0.15, -0.1) is 0 Å². The number of amidine groups is 1. The van der Waals surface area contributed by atoms with E-state index in [0.717, 1.165) is 0 Å². The number of piperidine rings is 1. The molecule has 2 rings (SSSR count). The van der Waals surface area contributed by atoms with Crippen LogP contribution >= 0.6 is 0 Å². The van der Waals surface area contributed by atoms with Crippen LogP contribution in [0.1, 0.15) is 23.2 Å². The summed E-state index contributed by atoms with van der Waals surface area (Å²) in [6.07, 6.45) is 1.20. The zero-order chi connectivity index (χ0) is 14.7. The molecule has 1 aliphatic rings. The summed E-state index contributed by atoms with van der Waals surface area (Å²) < 4.78 is 0. The van der Waals surface area contributed by atoms with Gasteiger partial charge in [0.15, 0.2) is 0 Å². The Hall–Kier alpha value is -2.44. The zero-order valence-corrected chi connectivity index (χ0v) is 10.9. The largest absolute Gasteiger partial charge is 0.508 e. The fraction of sp³-hybridized carbons (Fsp3) is 0.385. The van der Waals surface area contributed by atoms with Gasteiger partial charge in [0, 0.05) is 19.0 Å². The van der Waals surface area contributed by atoms with Crippen molar-refractivity contribution in [3.8, 4) is 11.5 Å². The van der Waals surface area contributed by atoms with Gasteiger partial charge in [-0.05, 0) is 31.0 Å². The number of phenolic OH excluding ortho intramolecular Hbond substituents is 2. The standard InChI is InChI=1S/C13H17N3O4/c14-12(15-20)8-3-5-16(6-4-8)13(19)10-7-9(17)1-2-11(10)18/h1-2,7-8,17-18,20H,3-6H2,(H2,14,15). The van der Waals surface area contributed by atoms with Gasteiger partial charge in [0.2, 0.25) is 0 Å². The average Bonchev–Trinajstić information content (AvgIpc) is 2.48. The van der Waals surface area contributed by atoms with Crippen molar-refractivity contribution in [3.05, 3.63) is 23.8 Å². The van der Waals surface area contributed by atoms with Gasteiger partial charge in [-0.1, -0.05) is 5.16 Å². The Bertz CT molecular complexity index is 536. The van der Waals surface area contributed by atoms with E-state index in [9.17, 15) is 15.0 Å². The monoisotopic (exact) mass is 279 g/mol. The van der Waals surface area contributed by atoms with Crippen LogP contribution in [0.15, 0.2) is 23.4 Å². The number of phenols is 2. The molecule has 1 fully saturated rings. The number of benzene rings is 1. The summed E-state index contributed by atoms with van der Waals surface area (Å²) in [5, 5.41) is 30.7. The van der Waals surface area contributed by atoms with E-state index in [1.807, 2.05) is 0 Å². The number of nitrogens with two attached hydrogens (primary N) is 1. The molecule has 7 nitrogen and oxygen atoms in total. The minimum atomic E-state index is -0.337. The van der Waals surface area contributed by atoms with Crippen LogP contribution in [0.2, 0.25) is 0 Å². The van der Waals surface area contributed by atoms with Crippen LogP contribution in [-0.2, 0) is 0 Å². The number of carbonyl (C=O) groups is 1. The summed E-state index contributed by atoms with van der Waals surface area (Å²) in [5.41, 5.74) is 5.62. The maximum Gasteiger partial charge on any atom is 0.257 e.